The van der Waals surface area contributed by atoms with E-state index in [9.17, 15) is 9.18 Å². The van der Waals surface area contributed by atoms with E-state index in [0.717, 1.165) is 6.07 Å². The molecule has 100 valence electrons. The van der Waals surface area contributed by atoms with Crippen molar-refractivity contribution in [3.8, 4) is 6.07 Å². The third-order valence-corrected chi connectivity index (χ3v) is 2.69. The maximum Gasteiger partial charge on any atom is 0.337 e. The van der Waals surface area contributed by atoms with Gasteiger partial charge in [-0.15, -0.1) is 0 Å². The van der Waals surface area contributed by atoms with Gasteiger partial charge in [0.2, 0.25) is 0 Å². The van der Waals surface area contributed by atoms with Gasteiger partial charge in [0.25, 0.3) is 0 Å². The minimum Gasteiger partial charge on any atom is -0.465 e. The Morgan fingerprint density at radius 1 is 1.25 bits per heavy atom. The van der Waals surface area contributed by atoms with E-state index < -0.39 is 11.8 Å². The first-order valence-corrected chi connectivity index (χ1v) is 5.79. The second-order valence-electron chi connectivity index (χ2n) is 4.00. The highest BCUT2D eigenvalue weighted by molar-refractivity contribution is 5.89. The first kappa shape index (κ1) is 13.6. The lowest BCUT2D eigenvalue weighted by molar-refractivity contribution is 0.0601. The van der Waals surface area contributed by atoms with Crippen molar-refractivity contribution in [2.45, 2.75) is 0 Å². The van der Waals surface area contributed by atoms with Gasteiger partial charge >= 0.3 is 5.97 Å². The first-order chi connectivity index (χ1) is 9.63. The SMILES string of the molecule is COC(=O)c1ccc(Nc2ccc(F)cc2C#N)cc1. The minimum atomic E-state index is -0.465. The molecule has 0 aliphatic carbocycles. The Morgan fingerprint density at radius 2 is 1.95 bits per heavy atom. The number of ether oxygens (including phenoxy) is 1. The molecule has 1 N–H and O–H groups in total. The Morgan fingerprint density at radius 3 is 2.55 bits per heavy atom. The summed E-state index contributed by atoms with van der Waals surface area (Å²) in [6.07, 6.45) is 0. The monoisotopic (exact) mass is 270 g/mol. The lowest BCUT2D eigenvalue weighted by Gasteiger charge is -2.08. The van der Waals surface area contributed by atoms with Gasteiger partial charge in [0, 0.05) is 5.69 Å². The number of rotatable bonds is 3. The predicted octanol–water partition coefficient (Wildman–Crippen LogP) is 3.23. The van der Waals surface area contributed by atoms with Crippen LogP contribution in [-0.4, -0.2) is 13.1 Å². The molecule has 0 amide bonds. The van der Waals surface area contributed by atoms with Crippen LogP contribution >= 0.6 is 0 Å². The largest absolute Gasteiger partial charge is 0.465 e. The van der Waals surface area contributed by atoms with Crippen LogP contribution in [0, 0.1) is 17.1 Å². The highest BCUT2D eigenvalue weighted by Gasteiger charge is 2.06. The second-order valence-corrected chi connectivity index (χ2v) is 4.00. The van der Waals surface area contributed by atoms with E-state index in [0.29, 0.717) is 16.9 Å². The number of anilines is 2. The molecule has 0 aliphatic rings. The summed E-state index contributed by atoms with van der Waals surface area (Å²) < 4.78 is 17.6. The van der Waals surface area contributed by atoms with E-state index in [2.05, 4.69) is 10.1 Å². The van der Waals surface area contributed by atoms with E-state index in [4.69, 9.17) is 5.26 Å². The van der Waals surface area contributed by atoms with E-state index in [-0.39, 0.29) is 5.56 Å². The topological polar surface area (TPSA) is 62.1 Å². The van der Waals surface area contributed by atoms with Crippen molar-refractivity contribution >= 4 is 17.3 Å². The van der Waals surface area contributed by atoms with Crippen LogP contribution in [0.3, 0.4) is 0 Å². The third kappa shape index (κ3) is 2.93. The first-order valence-electron chi connectivity index (χ1n) is 5.79. The predicted molar refractivity (Wildman–Crippen MR) is 72.2 cm³/mol. The van der Waals surface area contributed by atoms with Gasteiger partial charge in [-0.25, -0.2) is 9.18 Å². The Labute approximate surface area is 115 Å². The van der Waals surface area contributed by atoms with Crippen LogP contribution in [-0.2, 0) is 4.74 Å². The van der Waals surface area contributed by atoms with E-state index >= 15 is 0 Å². The molecule has 0 fully saturated rings. The summed E-state index contributed by atoms with van der Waals surface area (Å²) in [5.74, 6) is -0.885. The van der Waals surface area contributed by atoms with Gasteiger partial charge in [0.15, 0.2) is 0 Å². The van der Waals surface area contributed by atoms with Crippen LogP contribution < -0.4 is 5.32 Å². The zero-order valence-corrected chi connectivity index (χ0v) is 10.7. The molecule has 0 radical (unpaired) electrons. The summed E-state index contributed by atoms with van der Waals surface area (Å²) in [6.45, 7) is 0. The normalized spacial score (nSPS) is 9.65. The summed E-state index contributed by atoms with van der Waals surface area (Å²) in [5, 5.41) is 11.9. The summed E-state index contributed by atoms with van der Waals surface area (Å²) >= 11 is 0. The summed E-state index contributed by atoms with van der Waals surface area (Å²) in [6, 6.07) is 12.4. The average Bonchev–Trinajstić information content (AvgIpc) is 2.49. The quantitative estimate of drug-likeness (QED) is 0.870. The molecule has 5 heteroatoms. The molecule has 20 heavy (non-hydrogen) atoms. The van der Waals surface area contributed by atoms with Crippen LogP contribution in [0.25, 0.3) is 0 Å². The van der Waals surface area contributed by atoms with Gasteiger partial charge in [0.05, 0.1) is 23.9 Å². The van der Waals surface area contributed by atoms with E-state index in [1.54, 1.807) is 24.3 Å². The van der Waals surface area contributed by atoms with Gasteiger partial charge < -0.3 is 10.1 Å². The number of halogens is 1. The number of hydrogen-bond acceptors (Lipinski definition) is 4. The Bertz CT molecular complexity index is 675. The highest BCUT2D eigenvalue weighted by Crippen LogP contribution is 2.21. The van der Waals surface area contributed by atoms with Gasteiger partial charge in [-0.3, -0.25) is 0 Å². The molecule has 4 nitrogen and oxygen atoms in total. The molecule has 0 saturated carbocycles. The van der Waals surface area contributed by atoms with Crippen molar-refractivity contribution in [1.82, 2.24) is 0 Å². The fourth-order valence-corrected chi connectivity index (χ4v) is 1.68. The Hall–Kier alpha value is -2.87. The van der Waals surface area contributed by atoms with Crippen LogP contribution in [0.4, 0.5) is 15.8 Å². The van der Waals surface area contributed by atoms with Crippen LogP contribution in [0.15, 0.2) is 42.5 Å². The summed E-state index contributed by atoms with van der Waals surface area (Å²) in [4.78, 5) is 11.3. The molecular weight excluding hydrogens is 259 g/mol. The molecule has 0 heterocycles. The maximum atomic E-state index is 13.0. The fraction of sp³-hybridized carbons (Fsp3) is 0.0667. The molecule has 2 aromatic carbocycles. The van der Waals surface area contributed by atoms with Gasteiger partial charge in [-0.2, -0.15) is 5.26 Å². The molecule has 0 saturated heterocycles. The number of methoxy groups -OCH3 is 1. The molecule has 2 aromatic rings. The number of benzene rings is 2. The molecule has 2 rings (SSSR count). The van der Waals surface area contributed by atoms with Crippen molar-refractivity contribution in [2.75, 3.05) is 12.4 Å². The molecule has 0 aliphatic heterocycles. The fourth-order valence-electron chi connectivity index (χ4n) is 1.68. The Balaban J connectivity index is 2.23. The van der Waals surface area contributed by atoms with Crippen molar-refractivity contribution in [3.63, 3.8) is 0 Å². The third-order valence-electron chi connectivity index (χ3n) is 2.69. The number of carbonyl (C=O) groups is 1. The van der Waals surface area contributed by atoms with Crippen LogP contribution in [0.2, 0.25) is 0 Å². The molecule has 0 bridgehead atoms. The minimum absolute atomic E-state index is 0.210. The molecule has 0 aromatic heterocycles. The zero-order chi connectivity index (χ0) is 14.5. The van der Waals surface area contributed by atoms with Crippen LogP contribution in [0.5, 0.6) is 0 Å². The molecule has 0 atom stereocenters. The van der Waals surface area contributed by atoms with Gasteiger partial charge in [-0.05, 0) is 42.5 Å². The lowest BCUT2D eigenvalue weighted by Crippen LogP contribution is -2.01. The van der Waals surface area contributed by atoms with Crippen molar-refractivity contribution < 1.29 is 13.9 Å². The summed E-state index contributed by atoms with van der Waals surface area (Å²) in [5.41, 5.74) is 1.82. The van der Waals surface area contributed by atoms with E-state index in [1.807, 2.05) is 6.07 Å². The molecule has 0 spiro atoms. The van der Waals surface area contributed by atoms with Crippen molar-refractivity contribution in [2.24, 2.45) is 0 Å². The van der Waals surface area contributed by atoms with Crippen LogP contribution in [0.1, 0.15) is 15.9 Å². The maximum absolute atomic E-state index is 13.0. The number of nitrogens with zero attached hydrogens (tertiary/aromatic N) is 1. The number of nitrogens with one attached hydrogen (secondary N) is 1. The highest BCUT2D eigenvalue weighted by atomic mass is 19.1. The second kappa shape index (κ2) is 5.85. The smallest absolute Gasteiger partial charge is 0.337 e. The summed E-state index contributed by atoms with van der Waals surface area (Å²) in [7, 11) is 1.31. The van der Waals surface area contributed by atoms with Crippen molar-refractivity contribution in [3.05, 3.63) is 59.4 Å². The molecule has 0 unspecified atom stereocenters. The number of esters is 1. The zero-order valence-electron chi connectivity index (χ0n) is 10.7. The van der Waals surface area contributed by atoms with E-state index in [1.165, 1.54) is 19.2 Å². The average molecular weight is 270 g/mol. The number of hydrogen-bond donors (Lipinski definition) is 1. The number of nitriles is 1. The van der Waals surface area contributed by atoms with Crippen molar-refractivity contribution in [1.29, 1.82) is 5.26 Å². The van der Waals surface area contributed by atoms with Gasteiger partial charge in [0.1, 0.15) is 11.9 Å². The Kier molecular flexibility index (Phi) is 3.96. The standard InChI is InChI=1S/C15H11FN2O2/c1-20-15(19)10-2-5-13(6-3-10)18-14-7-4-12(16)8-11(14)9-17/h2-8,18H,1H3. The van der Waals surface area contributed by atoms with Gasteiger partial charge in [-0.1, -0.05) is 0 Å². The molecular formula is C15H11FN2O2. The lowest BCUT2D eigenvalue weighted by atomic mass is 10.1. The number of carbonyl (C=O) groups excluding carboxylic acids is 1.